The van der Waals surface area contributed by atoms with E-state index in [1.165, 1.54) is 5.56 Å². The van der Waals surface area contributed by atoms with Crippen LogP contribution in [-0.2, 0) is 4.74 Å². The Morgan fingerprint density at radius 3 is 2.65 bits per heavy atom. The summed E-state index contributed by atoms with van der Waals surface area (Å²) in [6, 6.07) is 8.53. The molecule has 3 nitrogen and oxygen atoms in total. The molecule has 1 N–H and O–H groups in total. The Kier molecular flexibility index (Phi) is 3.61. The quantitative estimate of drug-likeness (QED) is 0.855. The maximum Gasteiger partial charge on any atom is 0.0948 e. The van der Waals surface area contributed by atoms with E-state index in [4.69, 9.17) is 4.74 Å². The number of hydrogen-bond donors (Lipinski definition) is 1. The van der Waals surface area contributed by atoms with Gasteiger partial charge in [-0.3, -0.25) is 4.90 Å². The molecular formula is C17H25NO2. The molecule has 3 rings (SSSR count). The highest BCUT2D eigenvalue weighted by Gasteiger charge is 2.42. The maximum atomic E-state index is 10.8. The van der Waals surface area contributed by atoms with Crippen molar-refractivity contribution >= 4 is 0 Å². The van der Waals surface area contributed by atoms with Crippen molar-refractivity contribution < 1.29 is 9.84 Å². The molecule has 1 saturated heterocycles. The normalized spacial score (nSPS) is 33.7. The van der Waals surface area contributed by atoms with E-state index in [0.717, 1.165) is 31.7 Å². The van der Waals surface area contributed by atoms with Crippen LogP contribution < -0.4 is 0 Å². The van der Waals surface area contributed by atoms with E-state index in [9.17, 15) is 5.11 Å². The second-order valence-electron chi connectivity index (χ2n) is 6.84. The van der Waals surface area contributed by atoms with Crippen molar-refractivity contribution in [1.82, 2.24) is 4.90 Å². The van der Waals surface area contributed by atoms with Crippen LogP contribution in [0.15, 0.2) is 24.3 Å². The van der Waals surface area contributed by atoms with Gasteiger partial charge in [-0.05, 0) is 37.3 Å². The lowest BCUT2D eigenvalue weighted by Crippen LogP contribution is -2.59. The van der Waals surface area contributed by atoms with Gasteiger partial charge in [0.1, 0.15) is 0 Å². The fraction of sp³-hybridized carbons (Fsp3) is 0.647. The molecule has 1 aromatic carbocycles. The number of nitrogens with zero attached hydrogens (tertiary/aromatic N) is 1. The zero-order chi connectivity index (χ0) is 14.3. The minimum atomic E-state index is -0.389. The molecule has 110 valence electrons. The third-order valence-electron chi connectivity index (χ3n) is 4.91. The molecule has 1 aromatic rings. The van der Waals surface area contributed by atoms with Crippen LogP contribution in [0.5, 0.6) is 0 Å². The molecule has 0 radical (unpaired) electrons. The van der Waals surface area contributed by atoms with Crippen molar-refractivity contribution in [2.45, 2.75) is 50.8 Å². The standard InChI is InChI=1S/C17H25NO2/c1-12-10-15(18-8-9-20-11-17(18,2)3)16(19)14-7-5-4-6-13(12)14/h4-7,12,15-16,19H,8-11H2,1-3H3. The number of morpholine rings is 1. The van der Waals surface area contributed by atoms with Crippen LogP contribution in [0, 0.1) is 0 Å². The topological polar surface area (TPSA) is 32.7 Å². The van der Waals surface area contributed by atoms with Crippen LogP contribution in [0.2, 0.25) is 0 Å². The van der Waals surface area contributed by atoms with Crippen LogP contribution in [-0.4, -0.2) is 41.3 Å². The van der Waals surface area contributed by atoms with Crippen LogP contribution in [0.1, 0.15) is 50.3 Å². The van der Waals surface area contributed by atoms with Gasteiger partial charge in [0.2, 0.25) is 0 Å². The molecule has 0 saturated carbocycles. The van der Waals surface area contributed by atoms with E-state index < -0.39 is 0 Å². The Hall–Kier alpha value is -0.900. The average Bonchev–Trinajstić information content (AvgIpc) is 2.43. The van der Waals surface area contributed by atoms with Gasteiger partial charge in [0.05, 0.1) is 19.3 Å². The lowest BCUT2D eigenvalue weighted by molar-refractivity contribution is -0.103. The van der Waals surface area contributed by atoms with E-state index in [1.807, 2.05) is 6.07 Å². The molecule has 0 amide bonds. The van der Waals surface area contributed by atoms with Gasteiger partial charge in [0.15, 0.2) is 0 Å². The minimum Gasteiger partial charge on any atom is -0.387 e. The molecule has 20 heavy (non-hydrogen) atoms. The lowest BCUT2D eigenvalue weighted by atomic mass is 9.77. The van der Waals surface area contributed by atoms with Crippen LogP contribution in [0.3, 0.4) is 0 Å². The first-order chi connectivity index (χ1) is 9.50. The first-order valence-electron chi connectivity index (χ1n) is 7.62. The predicted molar refractivity (Wildman–Crippen MR) is 79.8 cm³/mol. The Labute approximate surface area is 121 Å². The van der Waals surface area contributed by atoms with Crippen molar-refractivity contribution in [3.05, 3.63) is 35.4 Å². The molecule has 3 atom stereocenters. The molecule has 3 unspecified atom stereocenters. The molecule has 3 heteroatoms. The van der Waals surface area contributed by atoms with Gasteiger partial charge in [-0.25, -0.2) is 0 Å². The number of rotatable bonds is 1. The number of fused-ring (bicyclic) bond motifs is 1. The summed E-state index contributed by atoms with van der Waals surface area (Å²) in [5, 5.41) is 10.8. The van der Waals surface area contributed by atoms with Gasteiger partial charge in [-0.1, -0.05) is 31.2 Å². The van der Waals surface area contributed by atoms with Gasteiger partial charge in [-0.2, -0.15) is 0 Å². The van der Waals surface area contributed by atoms with E-state index in [0.29, 0.717) is 5.92 Å². The van der Waals surface area contributed by atoms with Crippen molar-refractivity contribution in [2.75, 3.05) is 19.8 Å². The van der Waals surface area contributed by atoms with Crippen molar-refractivity contribution in [1.29, 1.82) is 0 Å². The first-order valence-corrected chi connectivity index (χ1v) is 7.62. The van der Waals surface area contributed by atoms with Gasteiger partial charge in [0.25, 0.3) is 0 Å². The number of hydrogen-bond acceptors (Lipinski definition) is 3. The van der Waals surface area contributed by atoms with Gasteiger partial charge >= 0.3 is 0 Å². The third kappa shape index (κ3) is 2.28. The van der Waals surface area contributed by atoms with Gasteiger partial charge in [0, 0.05) is 18.1 Å². The molecule has 0 aromatic heterocycles. The summed E-state index contributed by atoms with van der Waals surface area (Å²) in [7, 11) is 0. The number of aliphatic hydroxyl groups excluding tert-OH is 1. The van der Waals surface area contributed by atoms with Crippen LogP contribution >= 0.6 is 0 Å². The highest BCUT2D eigenvalue weighted by molar-refractivity contribution is 5.35. The number of aliphatic hydroxyl groups is 1. The Bertz CT molecular complexity index is 486. The van der Waals surface area contributed by atoms with Crippen LogP contribution in [0.25, 0.3) is 0 Å². The fourth-order valence-corrected chi connectivity index (χ4v) is 3.84. The summed E-state index contributed by atoms with van der Waals surface area (Å²) in [6.07, 6.45) is 0.626. The molecule has 1 aliphatic heterocycles. The number of benzene rings is 1. The largest absolute Gasteiger partial charge is 0.387 e. The number of ether oxygens (including phenoxy) is 1. The summed E-state index contributed by atoms with van der Waals surface area (Å²) in [5.41, 5.74) is 2.41. The Morgan fingerprint density at radius 1 is 1.25 bits per heavy atom. The smallest absolute Gasteiger partial charge is 0.0948 e. The molecule has 2 aliphatic rings. The maximum absolute atomic E-state index is 10.8. The van der Waals surface area contributed by atoms with E-state index in [2.05, 4.69) is 43.9 Å². The molecule has 1 heterocycles. The monoisotopic (exact) mass is 275 g/mol. The second-order valence-corrected chi connectivity index (χ2v) is 6.84. The zero-order valence-electron chi connectivity index (χ0n) is 12.7. The zero-order valence-corrected chi connectivity index (χ0v) is 12.7. The highest BCUT2D eigenvalue weighted by Crippen LogP contribution is 2.41. The molecule has 0 spiro atoms. The molecule has 1 aliphatic carbocycles. The average molecular weight is 275 g/mol. The van der Waals surface area contributed by atoms with E-state index >= 15 is 0 Å². The molecule has 1 fully saturated rings. The van der Waals surface area contributed by atoms with Gasteiger partial charge < -0.3 is 9.84 Å². The summed E-state index contributed by atoms with van der Waals surface area (Å²) in [4.78, 5) is 2.45. The molecule has 0 bridgehead atoms. The lowest BCUT2D eigenvalue weighted by Gasteiger charge is -2.50. The first kappa shape index (κ1) is 14.1. The third-order valence-corrected chi connectivity index (χ3v) is 4.91. The SMILES string of the molecule is CC1CC(N2CCOCC2(C)C)C(O)c2ccccc21. The van der Waals surface area contributed by atoms with E-state index in [-0.39, 0.29) is 17.7 Å². The van der Waals surface area contributed by atoms with Gasteiger partial charge in [-0.15, -0.1) is 0 Å². The Morgan fingerprint density at radius 2 is 1.95 bits per heavy atom. The van der Waals surface area contributed by atoms with Crippen LogP contribution in [0.4, 0.5) is 0 Å². The summed E-state index contributed by atoms with van der Waals surface area (Å²) in [5.74, 6) is 0.498. The summed E-state index contributed by atoms with van der Waals surface area (Å²) >= 11 is 0. The summed E-state index contributed by atoms with van der Waals surface area (Å²) < 4.78 is 5.61. The Balaban J connectivity index is 1.92. The fourth-order valence-electron chi connectivity index (χ4n) is 3.84. The van der Waals surface area contributed by atoms with Crippen molar-refractivity contribution in [3.8, 4) is 0 Å². The van der Waals surface area contributed by atoms with Crippen molar-refractivity contribution in [3.63, 3.8) is 0 Å². The van der Waals surface area contributed by atoms with E-state index in [1.54, 1.807) is 0 Å². The second kappa shape index (κ2) is 5.14. The minimum absolute atomic E-state index is 0.00407. The summed E-state index contributed by atoms with van der Waals surface area (Å²) in [6.45, 7) is 9.11. The molecular weight excluding hydrogens is 250 g/mol. The highest BCUT2D eigenvalue weighted by atomic mass is 16.5. The van der Waals surface area contributed by atoms with Crippen molar-refractivity contribution in [2.24, 2.45) is 0 Å². The predicted octanol–water partition coefficient (Wildman–Crippen LogP) is 2.71.